The maximum absolute atomic E-state index is 14.0. The molecule has 1 atom stereocenters. The second-order valence-electron chi connectivity index (χ2n) is 4.00. The number of halogens is 3. The predicted octanol–water partition coefficient (Wildman–Crippen LogP) is 4.74. The van der Waals surface area contributed by atoms with Crippen LogP contribution in [0.25, 0.3) is 0 Å². The van der Waals surface area contributed by atoms with Crippen LogP contribution in [0.1, 0.15) is 22.8 Å². The summed E-state index contributed by atoms with van der Waals surface area (Å²) in [6.45, 7) is 1.89. The Bertz CT molecular complexity index is 533. The van der Waals surface area contributed by atoms with Gasteiger partial charge in [0.25, 0.3) is 0 Å². The van der Waals surface area contributed by atoms with Gasteiger partial charge in [-0.05, 0) is 46.1 Å². The van der Waals surface area contributed by atoms with E-state index in [1.165, 1.54) is 0 Å². The van der Waals surface area contributed by atoms with Crippen molar-refractivity contribution in [3.8, 4) is 0 Å². The molecule has 0 spiro atoms. The molecule has 0 saturated carbocycles. The van der Waals surface area contributed by atoms with Gasteiger partial charge in [0.2, 0.25) is 0 Å². The maximum atomic E-state index is 14.0. The van der Waals surface area contributed by atoms with Crippen LogP contribution in [-0.4, -0.2) is 5.11 Å². The van der Waals surface area contributed by atoms with Crippen molar-refractivity contribution in [3.05, 3.63) is 67.9 Å². The number of hydrogen-bond acceptors (Lipinski definition) is 1. The second kappa shape index (κ2) is 5.51. The van der Waals surface area contributed by atoms with E-state index in [1.54, 1.807) is 24.3 Å². The molecule has 2 rings (SSSR count). The number of hydrogen-bond donors (Lipinski definition) is 1. The van der Waals surface area contributed by atoms with Crippen LogP contribution in [0.3, 0.4) is 0 Å². The van der Waals surface area contributed by atoms with Crippen molar-refractivity contribution in [1.82, 2.24) is 0 Å². The molecule has 0 aliphatic heterocycles. The van der Waals surface area contributed by atoms with E-state index in [9.17, 15) is 9.50 Å². The molecule has 2 aromatic rings. The van der Waals surface area contributed by atoms with Crippen molar-refractivity contribution in [2.24, 2.45) is 0 Å². The molecule has 0 bridgehead atoms. The molecule has 18 heavy (non-hydrogen) atoms. The van der Waals surface area contributed by atoms with Gasteiger partial charge >= 0.3 is 0 Å². The smallest absolute Gasteiger partial charge is 0.143 e. The lowest BCUT2D eigenvalue weighted by molar-refractivity contribution is 0.214. The fourth-order valence-electron chi connectivity index (χ4n) is 1.82. The monoisotopic (exact) mass is 372 g/mol. The largest absolute Gasteiger partial charge is 0.384 e. The van der Waals surface area contributed by atoms with Crippen LogP contribution in [0, 0.1) is 12.7 Å². The molecule has 0 radical (unpaired) electrons. The Morgan fingerprint density at radius 2 is 1.56 bits per heavy atom. The first-order valence-corrected chi connectivity index (χ1v) is 6.98. The summed E-state index contributed by atoms with van der Waals surface area (Å²) in [4.78, 5) is 0. The predicted molar refractivity (Wildman–Crippen MR) is 77.0 cm³/mol. The highest BCUT2D eigenvalue weighted by molar-refractivity contribution is 9.10. The Morgan fingerprint density at radius 3 is 2.22 bits per heavy atom. The van der Waals surface area contributed by atoms with Crippen LogP contribution < -0.4 is 0 Å². The minimum Gasteiger partial charge on any atom is -0.384 e. The van der Waals surface area contributed by atoms with Crippen molar-refractivity contribution < 1.29 is 9.50 Å². The molecule has 1 unspecified atom stereocenters. The van der Waals surface area contributed by atoms with Crippen LogP contribution in [0.15, 0.2) is 45.3 Å². The first-order valence-electron chi connectivity index (χ1n) is 5.39. The Kier molecular flexibility index (Phi) is 4.20. The summed E-state index contributed by atoms with van der Waals surface area (Å²) in [7, 11) is 0. The molecular formula is C14H11Br2FO. The zero-order chi connectivity index (χ0) is 13.3. The molecule has 0 aromatic heterocycles. The summed E-state index contributed by atoms with van der Waals surface area (Å²) < 4.78 is 15.2. The molecule has 2 aromatic carbocycles. The minimum atomic E-state index is -0.972. The number of aliphatic hydroxyl groups is 1. The summed E-state index contributed by atoms with van der Waals surface area (Å²) >= 11 is 6.53. The molecule has 0 fully saturated rings. The Labute approximate surface area is 122 Å². The minimum absolute atomic E-state index is 0.269. The van der Waals surface area contributed by atoms with Crippen LogP contribution in [0.2, 0.25) is 0 Å². The highest BCUT2D eigenvalue weighted by atomic mass is 79.9. The van der Waals surface area contributed by atoms with Crippen molar-refractivity contribution in [1.29, 1.82) is 0 Å². The molecule has 0 heterocycles. The Hall–Kier alpha value is -0.710. The molecule has 0 saturated heterocycles. The molecular weight excluding hydrogens is 363 g/mol. The summed E-state index contributed by atoms with van der Waals surface area (Å²) in [6, 6.07) is 10.4. The summed E-state index contributed by atoms with van der Waals surface area (Å²) in [5, 5.41) is 10.3. The standard InChI is InChI=1S/C14H11Br2FO/c1-8-9(4-2-6-11(8)15)14(18)10-5-3-7-12(16)13(10)17/h2-7,14,18H,1H3. The molecule has 0 amide bonds. The quantitative estimate of drug-likeness (QED) is 0.805. The molecule has 1 nitrogen and oxygen atoms in total. The second-order valence-corrected chi connectivity index (χ2v) is 5.71. The van der Waals surface area contributed by atoms with E-state index in [2.05, 4.69) is 31.9 Å². The van der Waals surface area contributed by atoms with Gasteiger partial charge in [-0.3, -0.25) is 0 Å². The Balaban J connectivity index is 2.51. The molecule has 1 N–H and O–H groups in total. The molecule has 94 valence electrons. The van der Waals surface area contributed by atoms with E-state index in [0.29, 0.717) is 10.0 Å². The zero-order valence-corrected chi connectivity index (χ0v) is 12.8. The third kappa shape index (κ3) is 2.51. The normalized spacial score (nSPS) is 12.5. The summed E-state index contributed by atoms with van der Waals surface area (Å²) in [5.41, 5.74) is 1.87. The fourth-order valence-corrected chi connectivity index (χ4v) is 2.58. The van der Waals surface area contributed by atoms with Crippen LogP contribution in [-0.2, 0) is 0 Å². The van der Waals surface area contributed by atoms with Crippen molar-refractivity contribution in [3.63, 3.8) is 0 Å². The topological polar surface area (TPSA) is 20.2 Å². The number of rotatable bonds is 2. The van der Waals surface area contributed by atoms with E-state index < -0.39 is 11.9 Å². The van der Waals surface area contributed by atoms with Crippen molar-refractivity contribution in [2.45, 2.75) is 13.0 Å². The van der Waals surface area contributed by atoms with Gasteiger partial charge in [0.1, 0.15) is 11.9 Å². The summed E-state index contributed by atoms with van der Waals surface area (Å²) in [6.07, 6.45) is -0.972. The van der Waals surface area contributed by atoms with E-state index in [0.717, 1.165) is 10.0 Å². The van der Waals surface area contributed by atoms with Crippen molar-refractivity contribution in [2.75, 3.05) is 0 Å². The molecule has 4 heteroatoms. The average Bonchev–Trinajstić information content (AvgIpc) is 2.35. The van der Waals surface area contributed by atoms with Gasteiger partial charge in [0, 0.05) is 10.0 Å². The molecule has 0 aliphatic carbocycles. The van der Waals surface area contributed by atoms with E-state index in [1.807, 2.05) is 19.1 Å². The third-order valence-corrected chi connectivity index (χ3v) is 4.35. The highest BCUT2D eigenvalue weighted by Gasteiger charge is 2.18. The lowest BCUT2D eigenvalue weighted by Crippen LogP contribution is -2.05. The van der Waals surface area contributed by atoms with Gasteiger partial charge in [-0.1, -0.05) is 40.2 Å². The van der Waals surface area contributed by atoms with Gasteiger partial charge in [0.05, 0.1) is 4.47 Å². The SMILES string of the molecule is Cc1c(Br)cccc1C(O)c1cccc(Br)c1F. The Morgan fingerprint density at radius 1 is 1.00 bits per heavy atom. The lowest BCUT2D eigenvalue weighted by atomic mass is 9.97. The van der Waals surface area contributed by atoms with E-state index >= 15 is 0 Å². The zero-order valence-electron chi connectivity index (χ0n) is 9.62. The van der Waals surface area contributed by atoms with Crippen LogP contribution in [0.4, 0.5) is 4.39 Å². The molecule has 0 aliphatic rings. The van der Waals surface area contributed by atoms with Gasteiger partial charge < -0.3 is 5.11 Å². The lowest BCUT2D eigenvalue weighted by Gasteiger charge is -2.16. The van der Waals surface area contributed by atoms with E-state index in [4.69, 9.17) is 0 Å². The highest BCUT2D eigenvalue weighted by Crippen LogP contribution is 2.32. The van der Waals surface area contributed by atoms with Gasteiger partial charge in [-0.2, -0.15) is 0 Å². The maximum Gasteiger partial charge on any atom is 0.143 e. The fraction of sp³-hybridized carbons (Fsp3) is 0.143. The number of benzene rings is 2. The first kappa shape index (κ1) is 13.7. The van der Waals surface area contributed by atoms with Gasteiger partial charge in [-0.15, -0.1) is 0 Å². The first-order chi connectivity index (χ1) is 8.52. The number of aliphatic hydroxyl groups excluding tert-OH is 1. The van der Waals surface area contributed by atoms with Crippen LogP contribution >= 0.6 is 31.9 Å². The average molecular weight is 374 g/mol. The van der Waals surface area contributed by atoms with E-state index in [-0.39, 0.29) is 5.56 Å². The third-order valence-electron chi connectivity index (χ3n) is 2.88. The van der Waals surface area contributed by atoms with Crippen LogP contribution in [0.5, 0.6) is 0 Å². The van der Waals surface area contributed by atoms with Gasteiger partial charge in [0.15, 0.2) is 0 Å². The van der Waals surface area contributed by atoms with Crippen molar-refractivity contribution >= 4 is 31.9 Å². The summed E-state index contributed by atoms with van der Waals surface area (Å²) in [5.74, 6) is -0.427. The van der Waals surface area contributed by atoms with Gasteiger partial charge in [-0.25, -0.2) is 4.39 Å².